The Labute approximate surface area is 156 Å². The van der Waals surface area contributed by atoms with E-state index >= 15 is 0 Å². The Kier molecular flexibility index (Phi) is 5.20. The van der Waals surface area contributed by atoms with Crippen LogP contribution in [0.1, 0.15) is 35.0 Å². The van der Waals surface area contributed by atoms with Gasteiger partial charge in [0.05, 0.1) is 23.1 Å². The third-order valence-electron chi connectivity index (χ3n) is 4.84. The highest BCUT2D eigenvalue weighted by Crippen LogP contribution is 2.25. The van der Waals surface area contributed by atoms with Gasteiger partial charge in [-0.3, -0.25) is 9.36 Å². The Morgan fingerprint density at radius 3 is 2.69 bits per heavy atom. The summed E-state index contributed by atoms with van der Waals surface area (Å²) in [5.74, 6) is 0.553. The molecule has 26 heavy (non-hydrogen) atoms. The Hall–Kier alpha value is -2.51. The highest BCUT2D eigenvalue weighted by atomic mass is 35.5. The van der Waals surface area contributed by atoms with Gasteiger partial charge in [0.2, 0.25) is 0 Å². The molecular formula is C18H21ClN4O3. The molecule has 2 aromatic heterocycles. The SMILES string of the molecule is Cl.NCc1cc(C(=O)N2CCC(n3c(=O)[nH]c4ccccc43)CC2)co1. The van der Waals surface area contributed by atoms with Crippen LogP contribution in [0.15, 0.2) is 45.8 Å². The number of carbonyl (C=O) groups is 1. The first-order valence-electron chi connectivity index (χ1n) is 8.43. The summed E-state index contributed by atoms with van der Waals surface area (Å²) in [6, 6.07) is 9.48. The molecule has 1 amide bonds. The molecule has 7 nitrogen and oxygen atoms in total. The van der Waals surface area contributed by atoms with Crippen molar-refractivity contribution in [2.24, 2.45) is 5.73 Å². The molecular weight excluding hydrogens is 356 g/mol. The average molecular weight is 377 g/mol. The molecule has 1 fully saturated rings. The molecule has 0 aliphatic carbocycles. The predicted octanol–water partition coefficient (Wildman–Crippen LogP) is 2.28. The summed E-state index contributed by atoms with van der Waals surface area (Å²) in [6.45, 7) is 1.50. The van der Waals surface area contributed by atoms with Gasteiger partial charge in [-0.25, -0.2) is 4.79 Å². The lowest BCUT2D eigenvalue weighted by molar-refractivity contribution is 0.0694. The Balaban J connectivity index is 0.00000196. The summed E-state index contributed by atoms with van der Waals surface area (Å²) in [7, 11) is 0. The molecule has 1 saturated heterocycles. The van der Waals surface area contributed by atoms with Crippen molar-refractivity contribution in [3.05, 3.63) is 58.4 Å². The number of H-pyrrole nitrogens is 1. The van der Waals surface area contributed by atoms with Gasteiger partial charge in [0, 0.05) is 19.1 Å². The zero-order valence-corrected chi connectivity index (χ0v) is 15.0. The first kappa shape index (κ1) is 18.3. The Bertz CT molecular complexity index is 966. The van der Waals surface area contributed by atoms with Crippen molar-refractivity contribution in [2.45, 2.75) is 25.4 Å². The molecule has 1 aliphatic heterocycles. The average Bonchev–Trinajstić information content (AvgIpc) is 3.25. The minimum absolute atomic E-state index is 0. The second-order valence-corrected chi connectivity index (χ2v) is 6.35. The zero-order chi connectivity index (χ0) is 17.4. The number of benzene rings is 1. The molecule has 0 bridgehead atoms. The van der Waals surface area contributed by atoms with E-state index in [1.165, 1.54) is 6.26 Å². The number of nitrogens with one attached hydrogen (secondary N) is 1. The van der Waals surface area contributed by atoms with Crippen molar-refractivity contribution in [3.63, 3.8) is 0 Å². The molecule has 0 spiro atoms. The third kappa shape index (κ3) is 3.15. The summed E-state index contributed by atoms with van der Waals surface area (Å²) >= 11 is 0. The first-order chi connectivity index (χ1) is 12.2. The highest BCUT2D eigenvalue weighted by Gasteiger charge is 2.27. The molecule has 3 N–H and O–H groups in total. The number of halogens is 1. The number of imidazole rings is 1. The molecule has 138 valence electrons. The van der Waals surface area contributed by atoms with Crippen LogP contribution in [0.5, 0.6) is 0 Å². The number of amides is 1. The van der Waals surface area contributed by atoms with E-state index in [0.29, 0.717) is 24.4 Å². The zero-order valence-electron chi connectivity index (χ0n) is 14.2. The lowest BCUT2D eigenvalue weighted by Crippen LogP contribution is -2.40. The van der Waals surface area contributed by atoms with Crippen molar-refractivity contribution in [3.8, 4) is 0 Å². The van der Waals surface area contributed by atoms with E-state index in [1.54, 1.807) is 6.07 Å². The topological polar surface area (TPSA) is 97.3 Å². The number of piperidine rings is 1. The summed E-state index contributed by atoms with van der Waals surface area (Å²) in [4.78, 5) is 29.6. The van der Waals surface area contributed by atoms with Crippen LogP contribution in [0.4, 0.5) is 0 Å². The summed E-state index contributed by atoms with van der Waals surface area (Å²) in [5.41, 5.74) is 7.72. The highest BCUT2D eigenvalue weighted by molar-refractivity contribution is 5.94. The van der Waals surface area contributed by atoms with Crippen LogP contribution in [-0.4, -0.2) is 33.4 Å². The quantitative estimate of drug-likeness (QED) is 0.732. The minimum Gasteiger partial charge on any atom is -0.467 e. The second kappa shape index (κ2) is 7.39. The van der Waals surface area contributed by atoms with Crippen LogP contribution in [0, 0.1) is 0 Å². The Morgan fingerprint density at radius 2 is 2.00 bits per heavy atom. The van der Waals surface area contributed by atoms with Crippen molar-refractivity contribution in [2.75, 3.05) is 13.1 Å². The number of aromatic amines is 1. The number of hydrogen-bond acceptors (Lipinski definition) is 4. The van der Waals surface area contributed by atoms with E-state index in [1.807, 2.05) is 33.7 Å². The number of nitrogens with zero attached hydrogens (tertiary/aromatic N) is 2. The fourth-order valence-corrected chi connectivity index (χ4v) is 3.55. The van der Waals surface area contributed by atoms with Gasteiger partial charge in [0.15, 0.2) is 0 Å². The number of carbonyl (C=O) groups excluding carboxylic acids is 1. The van der Waals surface area contributed by atoms with Crippen molar-refractivity contribution < 1.29 is 9.21 Å². The predicted molar refractivity (Wildman–Crippen MR) is 101 cm³/mol. The maximum Gasteiger partial charge on any atom is 0.326 e. The fourth-order valence-electron chi connectivity index (χ4n) is 3.55. The van der Waals surface area contributed by atoms with Gasteiger partial charge in [0.1, 0.15) is 12.0 Å². The maximum atomic E-state index is 12.6. The smallest absolute Gasteiger partial charge is 0.326 e. The van der Waals surface area contributed by atoms with Crippen molar-refractivity contribution in [1.82, 2.24) is 14.5 Å². The van der Waals surface area contributed by atoms with E-state index in [-0.39, 0.29) is 36.6 Å². The number of furan rings is 1. The second-order valence-electron chi connectivity index (χ2n) is 6.35. The first-order valence-corrected chi connectivity index (χ1v) is 8.43. The number of likely N-dealkylation sites (tertiary alicyclic amines) is 1. The molecule has 0 radical (unpaired) electrons. The lowest BCUT2D eigenvalue weighted by Gasteiger charge is -2.32. The summed E-state index contributed by atoms with van der Waals surface area (Å²) in [6.07, 6.45) is 2.95. The lowest BCUT2D eigenvalue weighted by atomic mass is 10.0. The third-order valence-corrected chi connectivity index (χ3v) is 4.84. The fraction of sp³-hybridized carbons (Fsp3) is 0.333. The van der Waals surface area contributed by atoms with Crippen LogP contribution < -0.4 is 11.4 Å². The molecule has 4 rings (SSSR count). The minimum atomic E-state index is -0.0894. The standard InChI is InChI=1S/C18H20N4O3.ClH/c19-10-14-9-12(11-25-14)17(23)21-7-5-13(6-8-21)22-16-4-2-1-3-15(16)20-18(22)24;/h1-4,9,11,13H,5-8,10,19H2,(H,20,24);1H. The number of para-hydroxylation sites is 2. The van der Waals surface area contributed by atoms with Gasteiger partial charge in [0.25, 0.3) is 5.91 Å². The maximum absolute atomic E-state index is 12.6. The molecule has 0 unspecified atom stereocenters. The Morgan fingerprint density at radius 1 is 1.27 bits per heavy atom. The van der Waals surface area contributed by atoms with E-state index in [4.69, 9.17) is 10.2 Å². The number of rotatable bonds is 3. The normalized spacial score (nSPS) is 15.2. The number of aromatic nitrogens is 2. The molecule has 3 aromatic rings. The van der Waals surface area contributed by atoms with Crippen LogP contribution in [0.2, 0.25) is 0 Å². The van der Waals surface area contributed by atoms with Gasteiger partial charge < -0.3 is 20.0 Å². The van der Waals surface area contributed by atoms with E-state index in [2.05, 4.69) is 4.98 Å². The van der Waals surface area contributed by atoms with Gasteiger partial charge in [-0.1, -0.05) is 12.1 Å². The van der Waals surface area contributed by atoms with Gasteiger partial charge in [-0.15, -0.1) is 12.4 Å². The van der Waals surface area contributed by atoms with Gasteiger partial charge in [-0.05, 0) is 31.0 Å². The van der Waals surface area contributed by atoms with E-state index in [0.717, 1.165) is 23.9 Å². The monoisotopic (exact) mass is 376 g/mol. The van der Waals surface area contributed by atoms with Crippen molar-refractivity contribution in [1.29, 1.82) is 0 Å². The van der Waals surface area contributed by atoms with Gasteiger partial charge in [-0.2, -0.15) is 0 Å². The van der Waals surface area contributed by atoms with Crippen LogP contribution in [0.3, 0.4) is 0 Å². The summed E-state index contributed by atoms with van der Waals surface area (Å²) in [5, 5.41) is 0. The molecule has 1 aromatic carbocycles. The molecule has 8 heteroatoms. The molecule has 1 aliphatic rings. The van der Waals surface area contributed by atoms with Gasteiger partial charge >= 0.3 is 5.69 Å². The summed E-state index contributed by atoms with van der Waals surface area (Å²) < 4.78 is 7.07. The number of nitrogens with two attached hydrogens (primary N) is 1. The van der Waals surface area contributed by atoms with E-state index in [9.17, 15) is 9.59 Å². The number of fused-ring (bicyclic) bond motifs is 1. The van der Waals surface area contributed by atoms with E-state index < -0.39 is 0 Å². The van der Waals surface area contributed by atoms with Crippen molar-refractivity contribution >= 4 is 29.3 Å². The van der Waals surface area contributed by atoms with Crippen LogP contribution in [0.25, 0.3) is 11.0 Å². The van der Waals surface area contributed by atoms with Crippen LogP contribution >= 0.6 is 12.4 Å². The molecule has 0 saturated carbocycles. The number of hydrogen-bond donors (Lipinski definition) is 2. The largest absolute Gasteiger partial charge is 0.467 e. The molecule has 0 atom stereocenters. The van der Waals surface area contributed by atoms with Crippen LogP contribution in [-0.2, 0) is 6.54 Å². The molecule has 3 heterocycles.